The molecule has 0 aliphatic carbocycles. The maximum Gasteiger partial charge on any atom is 0.193 e. The molecule has 7 heteroatoms. The fourth-order valence-electron chi connectivity index (χ4n) is 3.19. The molecule has 0 aromatic heterocycles. The van der Waals surface area contributed by atoms with Gasteiger partial charge in [0.05, 0.1) is 6.61 Å². The van der Waals surface area contributed by atoms with Crippen LogP contribution in [0.3, 0.4) is 0 Å². The molecule has 0 spiro atoms. The van der Waals surface area contributed by atoms with Crippen molar-refractivity contribution in [1.29, 1.82) is 0 Å². The number of benzene rings is 1. The van der Waals surface area contributed by atoms with E-state index in [-0.39, 0.29) is 24.0 Å². The van der Waals surface area contributed by atoms with Gasteiger partial charge >= 0.3 is 0 Å². The zero-order chi connectivity index (χ0) is 18.1. The zero-order valence-corrected chi connectivity index (χ0v) is 19.2. The summed E-state index contributed by atoms with van der Waals surface area (Å²) in [6.07, 6.45) is 2.46. The van der Waals surface area contributed by atoms with Gasteiger partial charge in [-0.15, -0.1) is 24.0 Å². The summed E-state index contributed by atoms with van der Waals surface area (Å²) in [6, 6.07) is 7.97. The standard InChI is InChI=1S/C19H31ClN4O.HI/c1-21-19(23(2)15-17-4-6-18(20)7-5-17)22-14-16-8-10-24(11-9-16)12-13-25-3;/h4-7,16H,8-15H2,1-3H3,(H,21,22);1H. The summed E-state index contributed by atoms with van der Waals surface area (Å²) < 4.78 is 5.16. The molecular weight excluding hydrogens is 463 g/mol. The van der Waals surface area contributed by atoms with E-state index < -0.39 is 0 Å². The van der Waals surface area contributed by atoms with Crippen LogP contribution in [-0.2, 0) is 11.3 Å². The van der Waals surface area contributed by atoms with Gasteiger partial charge in [0.2, 0.25) is 0 Å². The molecule has 2 rings (SSSR count). The van der Waals surface area contributed by atoms with Crippen molar-refractivity contribution in [3.63, 3.8) is 0 Å². The molecule has 0 atom stereocenters. The number of ether oxygens (including phenoxy) is 1. The van der Waals surface area contributed by atoms with Crippen LogP contribution in [0.2, 0.25) is 5.02 Å². The number of methoxy groups -OCH3 is 1. The number of guanidine groups is 1. The molecule has 1 aromatic rings. The lowest BCUT2D eigenvalue weighted by atomic mass is 9.97. The highest BCUT2D eigenvalue weighted by Gasteiger charge is 2.19. The van der Waals surface area contributed by atoms with Crippen LogP contribution < -0.4 is 5.32 Å². The van der Waals surface area contributed by atoms with E-state index in [1.54, 1.807) is 7.11 Å². The van der Waals surface area contributed by atoms with E-state index in [9.17, 15) is 0 Å². The van der Waals surface area contributed by atoms with Crippen LogP contribution in [0.1, 0.15) is 18.4 Å². The van der Waals surface area contributed by atoms with Crippen LogP contribution >= 0.6 is 35.6 Å². The Kier molecular flexibility index (Phi) is 11.5. The van der Waals surface area contributed by atoms with Crippen LogP contribution in [0.5, 0.6) is 0 Å². The molecule has 1 heterocycles. The Labute approximate surface area is 180 Å². The largest absolute Gasteiger partial charge is 0.383 e. The number of nitrogens with one attached hydrogen (secondary N) is 1. The van der Waals surface area contributed by atoms with Gasteiger partial charge in [-0.05, 0) is 49.5 Å². The number of hydrogen-bond donors (Lipinski definition) is 1. The van der Waals surface area contributed by atoms with Gasteiger partial charge in [0.25, 0.3) is 0 Å². The zero-order valence-electron chi connectivity index (χ0n) is 16.1. The molecular formula is C19H32ClIN4O. The van der Waals surface area contributed by atoms with Crippen LogP contribution in [0.4, 0.5) is 0 Å². The SMILES string of the molecule is CN=C(NCC1CCN(CCOC)CC1)N(C)Cc1ccc(Cl)cc1.I. The lowest BCUT2D eigenvalue weighted by Crippen LogP contribution is -2.43. The summed E-state index contributed by atoms with van der Waals surface area (Å²) >= 11 is 5.95. The van der Waals surface area contributed by atoms with Gasteiger partial charge in [-0.3, -0.25) is 4.99 Å². The molecule has 1 aromatic carbocycles. The highest BCUT2D eigenvalue weighted by Crippen LogP contribution is 2.16. The first-order valence-corrected chi connectivity index (χ1v) is 9.37. The summed E-state index contributed by atoms with van der Waals surface area (Å²) in [5, 5.41) is 4.30. The van der Waals surface area contributed by atoms with E-state index in [4.69, 9.17) is 16.3 Å². The molecule has 1 fully saturated rings. The van der Waals surface area contributed by atoms with Gasteiger partial charge in [0, 0.05) is 45.9 Å². The van der Waals surface area contributed by atoms with Gasteiger partial charge in [-0.1, -0.05) is 23.7 Å². The summed E-state index contributed by atoms with van der Waals surface area (Å²) in [5.41, 5.74) is 1.22. The van der Waals surface area contributed by atoms with E-state index in [2.05, 4.69) is 39.3 Å². The van der Waals surface area contributed by atoms with Crippen molar-refractivity contribution < 1.29 is 4.74 Å². The number of likely N-dealkylation sites (tertiary alicyclic amines) is 1. The third-order valence-electron chi connectivity index (χ3n) is 4.77. The Bertz CT molecular complexity index is 533. The van der Waals surface area contributed by atoms with Crippen LogP contribution in [0, 0.1) is 5.92 Å². The number of rotatable bonds is 7. The second kappa shape index (κ2) is 12.8. The Balaban J connectivity index is 0.00000338. The van der Waals surface area contributed by atoms with Gasteiger partial charge in [-0.2, -0.15) is 0 Å². The molecule has 148 valence electrons. The monoisotopic (exact) mass is 494 g/mol. The minimum absolute atomic E-state index is 0. The van der Waals surface area contributed by atoms with E-state index in [0.717, 1.165) is 50.3 Å². The molecule has 1 aliphatic rings. The molecule has 1 aliphatic heterocycles. The highest BCUT2D eigenvalue weighted by molar-refractivity contribution is 14.0. The smallest absolute Gasteiger partial charge is 0.193 e. The number of hydrogen-bond acceptors (Lipinski definition) is 3. The van der Waals surface area contributed by atoms with Gasteiger partial charge in [0.15, 0.2) is 5.96 Å². The molecule has 0 unspecified atom stereocenters. The fraction of sp³-hybridized carbons (Fsp3) is 0.632. The number of nitrogens with zero attached hydrogens (tertiary/aromatic N) is 3. The predicted octanol–water partition coefficient (Wildman–Crippen LogP) is 3.32. The van der Waals surface area contributed by atoms with Gasteiger partial charge in [0.1, 0.15) is 0 Å². The molecule has 0 radical (unpaired) electrons. The third kappa shape index (κ3) is 7.98. The summed E-state index contributed by atoms with van der Waals surface area (Å²) in [4.78, 5) is 9.06. The minimum Gasteiger partial charge on any atom is -0.383 e. The van der Waals surface area contributed by atoms with Crippen molar-refractivity contribution in [1.82, 2.24) is 15.1 Å². The topological polar surface area (TPSA) is 40.1 Å². The van der Waals surface area contributed by atoms with Crippen molar-refractivity contribution in [2.75, 3.05) is 54.0 Å². The summed E-state index contributed by atoms with van der Waals surface area (Å²) in [7, 11) is 5.67. The van der Waals surface area contributed by atoms with Crippen molar-refractivity contribution >= 4 is 41.5 Å². The molecule has 1 N–H and O–H groups in total. The first-order chi connectivity index (χ1) is 12.1. The summed E-state index contributed by atoms with van der Waals surface area (Å²) in [6.45, 7) is 5.99. The lowest BCUT2D eigenvalue weighted by molar-refractivity contribution is 0.120. The minimum atomic E-state index is 0. The number of aliphatic imine (C=N–C) groups is 1. The van der Waals surface area contributed by atoms with Crippen molar-refractivity contribution in [2.45, 2.75) is 19.4 Å². The van der Waals surface area contributed by atoms with Gasteiger partial charge in [-0.25, -0.2) is 0 Å². The fourth-order valence-corrected chi connectivity index (χ4v) is 3.32. The molecule has 0 amide bonds. The maximum atomic E-state index is 5.95. The van der Waals surface area contributed by atoms with Gasteiger partial charge < -0.3 is 19.9 Å². The van der Waals surface area contributed by atoms with Crippen LogP contribution in [0.25, 0.3) is 0 Å². The second-order valence-electron chi connectivity index (χ2n) is 6.69. The average Bonchev–Trinajstić information content (AvgIpc) is 2.63. The lowest BCUT2D eigenvalue weighted by Gasteiger charge is -2.32. The molecule has 0 bridgehead atoms. The van der Waals surface area contributed by atoms with Crippen molar-refractivity contribution in [3.8, 4) is 0 Å². The Hall–Kier alpha value is -0.570. The number of halogens is 2. The second-order valence-corrected chi connectivity index (χ2v) is 7.12. The van der Waals surface area contributed by atoms with Crippen LogP contribution in [0.15, 0.2) is 29.3 Å². The maximum absolute atomic E-state index is 5.95. The van der Waals surface area contributed by atoms with E-state index >= 15 is 0 Å². The molecule has 0 saturated carbocycles. The van der Waals surface area contributed by atoms with Crippen LogP contribution in [-0.4, -0.2) is 69.8 Å². The Morgan fingerprint density at radius 3 is 2.54 bits per heavy atom. The van der Waals surface area contributed by atoms with Crippen molar-refractivity contribution in [3.05, 3.63) is 34.9 Å². The Morgan fingerprint density at radius 2 is 1.96 bits per heavy atom. The summed E-state index contributed by atoms with van der Waals surface area (Å²) in [5.74, 6) is 1.65. The normalized spacial score (nSPS) is 16.2. The first kappa shape index (κ1) is 23.5. The Morgan fingerprint density at radius 1 is 1.31 bits per heavy atom. The molecule has 5 nitrogen and oxygen atoms in total. The predicted molar refractivity (Wildman–Crippen MR) is 121 cm³/mol. The highest BCUT2D eigenvalue weighted by atomic mass is 127. The molecule has 26 heavy (non-hydrogen) atoms. The molecule has 1 saturated heterocycles. The van der Waals surface area contributed by atoms with Crippen molar-refractivity contribution in [2.24, 2.45) is 10.9 Å². The average molecular weight is 495 g/mol. The quantitative estimate of drug-likeness (QED) is 0.359. The number of piperidine rings is 1. The van der Waals surface area contributed by atoms with E-state index in [0.29, 0.717) is 5.92 Å². The first-order valence-electron chi connectivity index (χ1n) is 9.00. The third-order valence-corrected chi connectivity index (χ3v) is 5.03. The van der Waals surface area contributed by atoms with E-state index in [1.807, 2.05) is 19.2 Å². The van der Waals surface area contributed by atoms with E-state index in [1.165, 1.54) is 18.4 Å².